The van der Waals surface area contributed by atoms with Gasteiger partial charge in [-0.2, -0.15) is 0 Å². The molecule has 3 amide bonds. The summed E-state index contributed by atoms with van der Waals surface area (Å²) in [6.07, 6.45) is 2.18. The summed E-state index contributed by atoms with van der Waals surface area (Å²) >= 11 is 9.42. The van der Waals surface area contributed by atoms with Gasteiger partial charge in [-0.05, 0) is 95.6 Å². The maximum Gasteiger partial charge on any atom is 0.338 e. The summed E-state index contributed by atoms with van der Waals surface area (Å²) in [5, 5.41) is 3.12. The van der Waals surface area contributed by atoms with Crippen molar-refractivity contribution in [2.75, 3.05) is 16.8 Å². The molecule has 3 atom stereocenters. The highest BCUT2D eigenvalue weighted by atomic mass is 79.9. The lowest BCUT2D eigenvalue weighted by molar-refractivity contribution is -0.122. The number of hydrogen-bond acceptors (Lipinski definition) is 5. The monoisotopic (exact) mass is 608 g/mol. The first-order valence-corrected chi connectivity index (χ1v) is 13.9. The molecule has 3 aromatic rings. The molecule has 2 aliphatic rings. The van der Waals surface area contributed by atoms with Crippen LogP contribution in [-0.4, -0.2) is 30.3 Å². The third-order valence-corrected chi connectivity index (χ3v) is 8.63. The summed E-state index contributed by atoms with van der Waals surface area (Å²) in [6, 6.07) is 19.6. The van der Waals surface area contributed by atoms with Gasteiger partial charge >= 0.3 is 5.97 Å². The molecule has 1 saturated carbocycles. The summed E-state index contributed by atoms with van der Waals surface area (Å²) in [5.74, 6) is -1.99. The topological polar surface area (TPSA) is 92.8 Å². The highest BCUT2D eigenvalue weighted by Gasteiger charge is 2.50. The Morgan fingerprint density at radius 1 is 1.00 bits per heavy atom. The fourth-order valence-corrected chi connectivity index (χ4v) is 6.01. The lowest BCUT2D eigenvalue weighted by Crippen LogP contribution is -2.30. The van der Waals surface area contributed by atoms with Gasteiger partial charge < -0.3 is 10.1 Å². The second-order valence-corrected chi connectivity index (χ2v) is 11.2. The van der Waals surface area contributed by atoms with Crippen molar-refractivity contribution >= 4 is 62.6 Å². The number of rotatable bonds is 6. The molecule has 0 aromatic heterocycles. The first kappa shape index (κ1) is 27.1. The molecule has 9 heteroatoms. The molecule has 0 radical (unpaired) electrons. The smallest absolute Gasteiger partial charge is 0.338 e. The van der Waals surface area contributed by atoms with Gasteiger partial charge in [0.05, 0.1) is 28.1 Å². The van der Waals surface area contributed by atoms with Gasteiger partial charge in [0, 0.05) is 10.2 Å². The Bertz CT molecular complexity index is 1440. The molecular formula is C30H26BrClN2O5. The molecule has 1 heterocycles. The van der Waals surface area contributed by atoms with Crippen molar-refractivity contribution in [3.63, 3.8) is 0 Å². The number of ether oxygens (including phenoxy) is 1. The highest BCUT2D eigenvalue weighted by molar-refractivity contribution is 9.10. The third kappa shape index (κ3) is 5.63. The molecule has 0 unspecified atom stereocenters. The van der Waals surface area contributed by atoms with Gasteiger partial charge in [-0.25, -0.2) is 4.79 Å². The van der Waals surface area contributed by atoms with E-state index in [1.54, 1.807) is 24.3 Å². The van der Waals surface area contributed by atoms with Crippen LogP contribution in [0.2, 0.25) is 5.02 Å². The largest absolute Gasteiger partial charge is 0.452 e. The first-order chi connectivity index (χ1) is 18.7. The zero-order valence-corrected chi connectivity index (χ0v) is 23.5. The zero-order chi connectivity index (χ0) is 27.7. The maximum atomic E-state index is 13.3. The predicted octanol–water partition coefficient (Wildman–Crippen LogP) is 6.28. The summed E-state index contributed by atoms with van der Waals surface area (Å²) in [6.45, 7) is 1.33. The number of nitrogens with one attached hydrogen (secondary N) is 1. The molecule has 39 heavy (non-hydrogen) atoms. The normalized spacial score (nSPS) is 20.5. The Kier molecular flexibility index (Phi) is 7.86. The quantitative estimate of drug-likeness (QED) is 0.262. The number of nitrogens with zero attached hydrogens (tertiary/aromatic N) is 1. The second-order valence-electron chi connectivity index (χ2n) is 9.90. The van der Waals surface area contributed by atoms with Crippen LogP contribution in [0.4, 0.5) is 11.4 Å². The number of esters is 1. The fourth-order valence-electron chi connectivity index (χ4n) is 5.39. The minimum absolute atomic E-state index is 0.188. The van der Waals surface area contributed by atoms with Crippen LogP contribution in [0.5, 0.6) is 0 Å². The molecule has 5 rings (SSSR count). The number of carbonyl (C=O) groups excluding carboxylic acids is 4. The molecule has 1 N–H and O–H groups in total. The van der Waals surface area contributed by atoms with E-state index in [0.717, 1.165) is 12.0 Å². The first-order valence-electron chi connectivity index (χ1n) is 12.7. The van der Waals surface area contributed by atoms with Gasteiger partial charge in [0.25, 0.3) is 5.91 Å². The van der Waals surface area contributed by atoms with Crippen molar-refractivity contribution in [1.82, 2.24) is 0 Å². The number of halogens is 2. The molecule has 1 aliphatic carbocycles. The molecule has 1 aliphatic heterocycles. The summed E-state index contributed by atoms with van der Waals surface area (Å²) < 4.78 is 5.86. The lowest BCUT2D eigenvalue weighted by Gasteiger charge is -2.28. The molecule has 3 aromatic carbocycles. The fraction of sp³-hybridized carbons (Fsp3) is 0.267. The molecular weight excluding hydrogens is 584 g/mol. The average Bonchev–Trinajstić information content (AvgIpc) is 3.19. The molecule has 0 spiro atoms. The lowest BCUT2D eigenvalue weighted by atomic mass is 9.73. The van der Waals surface area contributed by atoms with E-state index in [-0.39, 0.29) is 35.1 Å². The van der Waals surface area contributed by atoms with E-state index >= 15 is 0 Å². The van der Waals surface area contributed by atoms with Gasteiger partial charge in [-0.3, -0.25) is 19.3 Å². The van der Waals surface area contributed by atoms with Crippen molar-refractivity contribution in [1.29, 1.82) is 0 Å². The molecule has 7 nitrogen and oxygen atoms in total. The minimum Gasteiger partial charge on any atom is -0.452 e. The molecule has 1 saturated heterocycles. The van der Waals surface area contributed by atoms with Gasteiger partial charge in [-0.15, -0.1) is 0 Å². The van der Waals surface area contributed by atoms with Crippen LogP contribution in [0.1, 0.15) is 46.7 Å². The SMILES string of the molecule is Cc1cc(Br)c(Cl)cc1NC(=O)COC(=O)c1ccc(N2C(=O)[C@@H]3CC[C@@H](c4ccccc4)C[C@H]3C2=O)cc1. The number of aryl methyl sites for hydroxylation is 1. The Hall–Kier alpha value is -3.49. The Morgan fingerprint density at radius 3 is 2.41 bits per heavy atom. The molecule has 200 valence electrons. The van der Waals surface area contributed by atoms with Gasteiger partial charge in [0.1, 0.15) is 0 Å². The Balaban J connectivity index is 1.20. The zero-order valence-electron chi connectivity index (χ0n) is 21.2. The van der Waals surface area contributed by atoms with Crippen LogP contribution < -0.4 is 10.2 Å². The van der Waals surface area contributed by atoms with Crippen LogP contribution >= 0.6 is 27.5 Å². The van der Waals surface area contributed by atoms with Crippen LogP contribution in [0.25, 0.3) is 0 Å². The number of carbonyl (C=O) groups is 4. The average molecular weight is 610 g/mol. The van der Waals surface area contributed by atoms with Crippen molar-refractivity contribution in [3.8, 4) is 0 Å². The van der Waals surface area contributed by atoms with Gasteiger partial charge in [0.15, 0.2) is 6.61 Å². The van der Waals surface area contributed by atoms with E-state index in [9.17, 15) is 19.2 Å². The number of fused-ring (bicyclic) bond motifs is 1. The third-order valence-electron chi connectivity index (χ3n) is 7.43. The minimum atomic E-state index is -0.694. The van der Waals surface area contributed by atoms with E-state index in [1.807, 2.05) is 25.1 Å². The molecule has 2 fully saturated rings. The Morgan fingerprint density at radius 2 is 1.69 bits per heavy atom. The number of hydrogen-bond donors (Lipinski definition) is 1. The summed E-state index contributed by atoms with van der Waals surface area (Å²) in [5.41, 5.74) is 3.14. The van der Waals surface area contributed by atoms with Crippen LogP contribution in [0.15, 0.2) is 71.2 Å². The van der Waals surface area contributed by atoms with Crippen molar-refractivity contribution < 1.29 is 23.9 Å². The second kappa shape index (κ2) is 11.3. The van der Waals surface area contributed by atoms with Crippen molar-refractivity contribution in [2.24, 2.45) is 11.8 Å². The number of imide groups is 1. The number of anilines is 2. The van der Waals surface area contributed by atoms with Crippen LogP contribution in [-0.2, 0) is 19.1 Å². The Labute approximate surface area is 239 Å². The highest BCUT2D eigenvalue weighted by Crippen LogP contribution is 2.45. The van der Waals surface area contributed by atoms with E-state index in [2.05, 4.69) is 33.4 Å². The van der Waals surface area contributed by atoms with Crippen LogP contribution in [0.3, 0.4) is 0 Å². The number of benzene rings is 3. The summed E-state index contributed by atoms with van der Waals surface area (Å²) in [7, 11) is 0. The number of amides is 3. The van der Waals surface area contributed by atoms with E-state index in [1.165, 1.54) is 22.6 Å². The van der Waals surface area contributed by atoms with Gasteiger partial charge in [-0.1, -0.05) is 41.9 Å². The van der Waals surface area contributed by atoms with Crippen molar-refractivity contribution in [2.45, 2.75) is 32.1 Å². The standard InChI is InChI=1S/C30H26BrClN2O5/c1-17-13-24(31)25(32)15-26(17)33-27(35)16-39-30(38)19-7-10-21(11-8-19)34-28(36)22-12-9-20(14-23(22)29(34)37)18-5-3-2-4-6-18/h2-8,10-11,13,15,20,22-23H,9,12,14,16H2,1H3,(H,33,35)/t20-,22-,23-/m1/s1. The van der Waals surface area contributed by atoms with Crippen molar-refractivity contribution in [3.05, 3.63) is 92.9 Å². The van der Waals surface area contributed by atoms with E-state index < -0.39 is 18.5 Å². The van der Waals surface area contributed by atoms with Crippen LogP contribution in [0, 0.1) is 18.8 Å². The predicted molar refractivity (Wildman–Crippen MR) is 152 cm³/mol. The van der Waals surface area contributed by atoms with E-state index in [4.69, 9.17) is 16.3 Å². The summed E-state index contributed by atoms with van der Waals surface area (Å²) in [4.78, 5) is 52.5. The maximum absolute atomic E-state index is 13.3. The van der Waals surface area contributed by atoms with Gasteiger partial charge in [0.2, 0.25) is 11.8 Å². The van der Waals surface area contributed by atoms with E-state index in [0.29, 0.717) is 33.7 Å². The molecule has 0 bridgehead atoms.